The molecule has 0 saturated heterocycles. The molecule has 0 aliphatic carbocycles. The molecule has 0 amide bonds. The number of nitrogens with zero attached hydrogens (tertiary/aromatic N) is 5. The van der Waals surface area contributed by atoms with E-state index < -0.39 is 5.97 Å². The van der Waals surface area contributed by atoms with Crippen LogP contribution in [0.1, 0.15) is 21.6 Å². The molecule has 0 saturated carbocycles. The second-order valence-corrected chi connectivity index (χ2v) is 7.51. The number of carbonyl (C=O) groups is 1. The molecule has 0 unspecified atom stereocenters. The number of H-pyrrole nitrogens is 1. The van der Waals surface area contributed by atoms with Crippen LogP contribution < -0.4 is 5.32 Å². The summed E-state index contributed by atoms with van der Waals surface area (Å²) in [6, 6.07) is 20.5. The summed E-state index contributed by atoms with van der Waals surface area (Å²) in [6.45, 7) is 2.50. The Balaban J connectivity index is 1.41. The van der Waals surface area contributed by atoms with Crippen molar-refractivity contribution >= 4 is 22.7 Å². The summed E-state index contributed by atoms with van der Waals surface area (Å²) in [6.07, 6.45) is 0. The van der Waals surface area contributed by atoms with Crippen molar-refractivity contribution in [2.75, 3.05) is 5.32 Å². The first kappa shape index (κ1) is 20.3. The van der Waals surface area contributed by atoms with E-state index in [1.807, 2.05) is 61.5 Å². The molecule has 0 atom stereocenters. The summed E-state index contributed by atoms with van der Waals surface area (Å²) in [5, 5.41) is 26.9. The predicted molar refractivity (Wildman–Crippen MR) is 124 cm³/mol. The normalized spacial score (nSPS) is 10.9. The van der Waals surface area contributed by atoms with Crippen molar-refractivity contribution in [3.63, 3.8) is 0 Å². The van der Waals surface area contributed by atoms with Gasteiger partial charge in [-0.05, 0) is 53.1 Å². The van der Waals surface area contributed by atoms with Gasteiger partial charge in [-0.25, -0.2) is 9.78 Å². The Morgan fingerprint density at radius 1 is 1.03 bits per heavy atom. The number of tetrazole rings is 1. The third kappa shape index (κ3) is 4.11. The van der Waals surface area contributed by atoms with Gasteiger partial charge in [0.25, 0.3) is 0 Å². The number of benzene rings is 2. The maximum atomic E-state index is 11.5. The fraction of sp³-hybridized carbons (Fsp3) is 0.0833. The zero-order valence-electron chi connectivity index (χ0n) is 17.6. The van der Waals surface area contributed by atoms with E-state index in [9.17, 15) is 9.90 Å². The van der Waals surface area contributed by atoms with Crippen molar-refractivity contribution < 1.29 is 9.90 Å². The van der Waals surface area contributed by atoms with Crippen LogP contribution in [0, 0.1) is 6.92 Å². The average Bonchev–Trinajstić information content (AvgIpc) is 3.37. The fourth-order valence-electron chi connectivity index (χ4n) is 3.69. The molecule has 0 radical (unpaired) electrons. The Labute approximate surface area is 188 Å². The number of fused-ring (bicyclic) bond motifs is 1. The molecule has 3 N–H and O–H groups in total. The summed E-state index contributed by atoms with van der Waals surface area (Å²) < 4.78 is 0. The highest BCUT2D eigenvalue weighted by Gasteiger charge is 2.12. The fourth-order valence-corrected chi connectivity index (χ4v) is 3.69. The van der Waals surface area contributed by atoms with Crippen molar-refractivity contribution in [3.8, 4) is 22.6 Å². The predicted octanol–water partition coefficient (Wildman–Crippen LogP) is 4.10. The number of anilines is 1. The summed E-state index contributed by atoms with van der Waals surface area (Å²) in [5.41, 5.74) is 6.69. The van der Waals surface area contributed by atoms with Crippen molar-refractivity contribution in [2.24, 2.45) is 0 Å². The summed E-state index contributed by atoms with van der Waals surface area (Å²) in [4.78, 5) is 20.8. The molecule has 0 aliphatic heterocycles. The molecule has 9 nitrogen and oxygen atoms in total. The van der Waals surface area contributed by atoms with Crippen LogP contribution in [0.25, 0.3) is 33.7 Å². The van der Waals surface area contributed by atoms with Crippen LogP contribution in [-0.2, 0) is 6.54 Å². The van der Waals surface area contributed by atoms with Crippen molar-refractivity contribution in [1.82, 2.24) is 30.6 Å². The largest absolute Gasteiger partial charge is 0.478 e. The van der Waals surface area contributed by atoms with Gasteiger partial charge in [-0.3, -0.25) is 4.98 Å². The number of nitrogens with one attached hydrogen (secondary N) is 2. The quantitative estimate of drug-likeness (QED) is 0.362. The van der Waals surface area contributed by atoms with Gasteiger partial charge in [-0.2, -0.15) is 5.21 Å². The molecule has 162 valence electrons. The number of hydrogen-bond donors (Lipinski definition) is 3. The van der Waals surface area contributed by atoms with E-state index in [0.29, 0.717) is 23.6 Å². The lowest BCUT2D eigenvalue weighted by Gasteiger charge is -2.12. The van der Waals surface area contributed by atoms with E-state index in [-0.39, 0.29) is 5.56 Å². The molecule has 2 aromatic carbocycles. The third-order valence-corrected chi connectivity index (χ3v) is 5.26. The van der Waals surface area contributed by atoms with Gasteiger partial charge >= 0.3 is 5.97 Å². The van der Waals surface area contributed by atoms with Gasteiger partial charge < -0.3 is 10.4 Å². The monoisotopic (exact) mass is 437 g/mol. The van der Waals surface area contributed by atoms with E-state index in [1.54, 1.807) is 12.1 Å². The van der Waals surface area contributed by atoms with Crippen LogP contribution in [0.2, 0.25) is 0 Å². The average molecular weight is 437 g/mol. The van der Waals surface area contributed by atoms with Crippen molar-refractivity contribution in [2.45, 2.75) is 13.5 Å². The Bertz CT molecular complexity index is 1450. The van der Waals surface area contributed by atoms with Gasteiger partial charge in [0.15, 0.2) is 0 Å². The van der Waals surface area contributed by atoms with Gasteiger partial charge in [0.1, 0.15) is 11.2 Å². The number of aromatic carboxylic acids is 1. The number of pyridine rings is 2. The smallest absolute Gasteiger partial charge is 0.336 e. The number of carboxylic acids is 1. The first-order valence-electron chi connectivity index (χ1n) is 10.3. The SMILES string of the molecule is Cc1cc(NCc2ccc(-c3ccccc3C(=O)O)cc2)c2nc(-c3nn[nH]n3)ccc2n1. The van der Waals surface area contributed by atoms with Crippen LogP contribution in [0.3, 0.4) is 0 Å². The molecule has 0 bridgehead atoms. The van der Waals surface area contributed by atoms with E-state index in [2.05, 4.69) is 35.9 Å². The number of rotatable bonds is 6. The first-order valence-corrected chi connectivity index (χ1v) is 10.3. The minimum absolute atomic E-state index is 0.283. The summed E-state index contributed by atoms with van der Waals surface area (Å²) in [7, 11) is 0. The summed E-state index contributed by atoms with van der Waals surface area (Å²) >= 11 is 0. The van der Waals surface area contributed by atoms with Gasteiger partial charge in [0.2, 0.25) is 5.82 Å². The lowest BCUT2D eigenvalue weighted by Crippen LogP contribution is -2.03. The maximum absolute atomic E-state index is 11.5. The van der Waals surface area contributed by atoms with E-state index in [0.717, 1.165) is 33.5 Å². The first-order chi connectivity index (χ1) is 16.1. The molecule has 0 fully saturated rings. The summed E-state index contributed by atoms with van der Waals surface area (Å²) in [5.74, 6) is -0.523. The molecule has 0 spiro atoms. The zero-order valence-corrected chi connectivity index (χ0v) is 17.6. The standard InChI is InChI=1S/C24H19N7O2/c1-14-12-21(22-19(26-14)10-11-20(27-22)23-28-30-31-29-23)25-13-15-6-8-16(9-7-15)17-4-2-3-5-18(17)24(32)33/h2-12H,13H2,1H3,(H,25,26)(H,32,33)(H,28,29,30,31). The topological polar surface area (TPSA) is 130 Å². The van der Waals surface area contributed by atoms with E-state index >= 15 is 0 Å². The van der Waals surface area contributed by atoms with Gasteiger partial charge in [-0.15, -0.1) is 10.2 Å². The van der Waals surface area contributed by atoms with Gasteiger partial charge in [0, 0.05) is 12.2 Å². The second-order valence-electron chi connectivity index (χ2n) is 7.51. The van der Waals surface area contributed by atoms with Crippen LogP contribution in [0.4, 0.5) is 5.69 Å². The second kappa shape index (κ2) is 8.46. The molecule has 5 aromatic rings. The van der Waals surface area contributed by atoms with Gasteiger partial charge in [0.05, 0.1) is 16.8 Å². The zero-order chi connectivity index (χ0) is 22.8. The molecular weight excluding hydrogens is 418 g/mol. The Morgan fingerprint density at radius 3 is 2.61 bits per heavy atom. The number of carboxylic acid groups (broad SMARTS) is 1. The van der Waals surface area contributed by atoms with Crippen LogP contribution in [0.5, 0.6) is 0 Å². The van der Waals surface area contributed by atoms with E-state index in [4.69, 9.17) is 0 Å². The minimum atomic E-state index is -0.941. The lowest BCUT2D eigenvalue weighted by atomic mass is 9.99. The minimum Gasteiger partial charge on any atom is -0.478 e. The van der Waals surface area contributed by atoms with E-state index in [1.165, 1.54) is 0 Å². The van der Waals surface area contributed by atoms with Crippen molar-refractivity contribution in [1.29, 1.82) is 0 Å². The number of hydrogen-bond acceptors (Lipinski definition) is 7. The highest BCUT2D eigenvalue weighted by molar-refractivity contribution is 5.96. The third-order valence-electron chi connectivity index (χ3n) is 5.26. The molecule has 3 aromatic heterocycles. The Morgan fingerprint density at radius 2 is 1.85 bits per heavy atom. The van der Waals surface area contributed by atoms with Crippen LogP contribution in [-0.4, -0.2) is 41.7 Å². The van der Waals surface area contributed by atoms with Gasteiger partial charge in [-0.1, -0.05) is 42.5 Å². The Hall–Kier alpha value is -4.66. The Kier molecular flexibility index (Phi) is 5.19. The maximum Gasteiger partial charge on any atom is 0.336 e. The lowest BCUT2D eigenvalue weighted by molar-refractivity contribution is 0.0697. The molecule has 5 rings (SSSR count). The highest BCUT2D eigenvalue weighted by Crippen LogP contribution is 2.26. The molecular formula is C24H19N7O2. The van der Waals surface area contributed by atoms with Crippen molar-refractivity contribution in [3.05, 3.63) is 83.6 Å². The number of aryl methyl sites for hydroxylation is 1. The van der Waals surface area contributed by atoms with Crippen LogP contribution >= 0.6 is 0 Å². The molecule has 0 aliphatic rings. The molecule has 9 heteroatoms. The highest BCUT2D eigenvalue weighted by atomic mass is 16.4. The number of aromatic nitrogens is 6. The molecule has 33 heavy (non-hydrogen) atoms. The van der Waals surface area contributed by atoms with Crippen LogP contribution in [0.15, 0.2) is 66.7 Å². The number of aromatic amines is 1. The molecule has 3 heterocycles.